The van der Waals surface area contributed by atoms with E-state index >= 15 is 0 Å². The molecule has 7 heteroatoms. The number of amides is 1. The first-order valence-electron chi connectivity index (χ1n) is 6.40. The highest BCUT2D eigenvalue weighted by atomic mass is 19.1. The fourth-order valence-electron chi connectivity index (χ4n) is 1.71. The van der Waals surface area contributed by atoms with Crippen LogP contribution < -0.4 is 10.1 Å². The Labute approximate surface area is 121 Å². The molecule has 1 heterocycles. The SMILES string of the molecule is CN(C)Cc1cc(NC(=O)COc2ccc(F)cc2)n[nH]1. The second kappa shape index (κ2) is 6.85. The fraction of sp³-hybridized carbons (Fsp3) is 0.286. The third kappa shape index (κ3) is 4.88. The number of carbonyl (C=O) groups is 1. The van der Waals surface area contributed by atoms with Crippen LogP contribution in [0.15, 0.2) is 30.3 Å². The van der Waals surface area contributed by atoms with Gasteiger partial charge in [0.05, 0.1) is 5.69 Å². The Hall–Kier alpha value is -2.41. The van der Waals surface area contributed by atoms with Crippen molar-refractivity contribution in [1.29, 1.82) is 0 Å². The summed E-state index contributed by atoms with van der Waals surface area (Å²) in [5, 5.41) is 9.44. The quantitative estimate of drug-likeness (QED) is 0.849. The minimum atomic E-state index is -0.350. The van der Waals surface area contributed by atoms with Gasteiger partial charge in [-0.25, -0.2) is 4.39 Å². The van der Waals surface area contributed by atoms with Gasteiger partial charge < -0.3 is 15.0 Å². The van der Waals surface area contributed by atoms with E-state index in [1.807, 2.05) is 19.0 Å². The summed E-state index contributed by atoms with van der Waals surface area (Å²) in [6.45, 7) is 0.538. The molecule has 21 heavy (non-hydrogen) atoms. The molecule has 1 aromatic carbocycles. The van der Waals surface area contributed by atoms with E-state index in [4.69, 9.17) is 4.74 Å². The number of aromatic amines is 1. The summed E-state index contributed by atoms with van der Waals surface area (Å²) in [5.74, 6) is 0.195. The van der Waals surface area contributed by atoms with E-state index in [2.05, 4.69) is 15.5 Å². The Morgan fingerprint density at radius 3 is 2.76 bits per heavy atom. The smallest absolute Gasteiger partial charge is 0.263 e. The number of carbonyl (C=O) groups excluding carboxylic acids is 1. The lowest BCUT2D eigenvalue weighted by molar-refractivity contribution is -0.118. The topological polar surface area (TPSA) is 70.2 Å². The zero-order chi connectivity index (χ0) is 15.2. The van der Waals surface area contributed by atoms with Gasteiger partial charge in [0.2, 0.25) is 0 Å². The molecule has 0 aliphatic carbocycles. The van der Waals surface area contributed by atoms with Crippen LogP contribution in [0.25, 0.3) is 0 Å². The van der Waals surface area contributed by atoms with Gasteiger partial charge in [0.15, 0.2) is 12.4 Å². The molecular weight excluding hydrogens is 275 g/mol. The van der Waals surface area contributed by atoms with Crippen molar-refractivity contribution in [2.75, 3.05) is 26.0 Å². The Morgan fingerprint density at radius 1 is 1.38 bits per heavy atom. The van der Waals surface area contributed by atoms with Crippen molar-refractivity contribution in [2.45, 2.75) is 6.54 Å². The molecule has 1 amide bonds. The number of anilines is 1. The second-order valence-electron chi connectivity index (χ2n) is 4.81. The Bertz CT molecular complexity index is 595. The molecule has 0 saturated heterocycles. The molecule has 2 N–H and O–H groups in total. The van der Waals surface area contributed by atoms with Crippen LogP contribution in [0, 0.1) is 5.82 Å². The Morgan fingerprint density at radius 2 is 2.10 bits per heavy atom. The van der Waals surface area contributed by atoms with Crippen LogP contribution in [0.3, 0.4) is 0 Å². The number of benzene rings is 1. The number of rotatable bonds is 6. The van der Waals surface area contributed by atoms with Crippen LogP contribution in [0.2, 0.25) is 0 Å². The standard InChI is InChI=1S/C14H17FN4O2/c1-19(2)8-11-7-13(18-17-11)16-14(20)9-21-12-5-3-10(15)4-6-12/h3-7H,8-9H2,1-2H3,(H2,16,17,18,20). The normalized spacial score (nSPS) is 10.7. The highest BCUT2D eigenvalue weighted by Gasteiger charge is 2.07. The van der Waals surface area contributed by atoms with Gasteiger partial charge in [-0.1, -0.05) is 0 Å². The van der Waals surface area contributed by atoms with Crippen LogP contribution >= 0.6 is 0 Å². The molecule has 0 spiro atoms. The third-order valence-corrected chi connectivity index (χ3v) is 2.57. The van der Waals surface area contributed by atoms with E-state index in [-0.39, 0.29) is 18.3 Å². The highest BCUT2D eigenvalue weighted by molar-refractivity contribution is 5.90. The number of hydrogen-bond donors (Lipinski definition) is 2. The maximum atomic E-state index is 12.7. The van der Waals surface area contributed by atoms with Gasteiger partial charge in [0, 0.05) is 12.6 Å². The summed E-state index contributed by atoms with van der Waals surface area (Å²) < 4.78 is 18.0. The van der Waals surface area contributed by atoms with Gasteiger partial charge in [-0.3, -0.25) is 9.89 Å². The van der Waals surface area contributed by atoms with E-state index in [0.29, 0.717) is 18.1 Å². The number of hydrogen-bond acceptors (Lipinski definition) is 4. The molecule has 0 aliphatic heterocycles. The van der Waals surface area contributed by atoms with Gasteiger partial charge in [-0.2, -0.15) is 5.10 Å². The molecule has 1 aromatic heterocycles. The number of nitrogens with one attached hydrogen (secondary N) is 2. The van der Waals surface area contributed by atoms with Gasteiger partial charge in [0.25, 0.3) is 5.91 Å². The summed E-state index contributed by atoms with van der Waals surface area (Å²) in [7, 11) is 3.88. The van der Waals surface area contributed by atoms with Crippen LogP contribution in [0.1, 0.15) is 5.69 Å². The maximum absolute atomic E-state index is 12.7. The number of H-pyrrole nitrogens is 1. The van der Waals surface area contributed by atoms with Crippen molar-refractivity contribution in [3.05, 3.63) is 41.8 Å². The lowest BCUT2D eigenvalue weighted by Crippen LogP contribution is -2.20. The van der Waals surface area contributed by atoms with E-state index in [1.165, 1.54) is 24.3 Å². The minimum Gasteiger partial charge on any atom is -0.484 e. The van der Waals surface area contributed by atoms with Crippen molar-refractivity contribution < 1.29 is 13.9 Å². The summed E-state index contributed by atoms with van der Waals surface area (Å²) in [5.41, 5.74) is 0.898. The molecule has 112 valence electrons. The maximum Gasteiger partial charge on any atom is 0.263 e. The zero-order valence-corrected chi connectivity index (χ0v) is 11.9. The monoisotopic (exact) mass is 292 g/mol. The van der Waals surface area contributed by atoms with E-state index in [0.717, 1.165) is 5.69 Å². The first kappa shape index (κ1) is 15.0. The number of halogens is 1. The minimum absolute atomic E-state index is 0.165. The fourth-order valence-corrected chi connectivity index (χ4v) is 1.71. The molecule has 2 aromatic rings. The van der Waals surface area contributed by atoms with Crippen molar-refractivity contribution in [3.63, 3.8) is 0 Å². The molecule has 0 radical (unpaired) electrons. The molecular formula is C14H17FN4O2. The molecule has 0 saturated carbocycles. The molecule has 0 aliphatic rings. The van der Waals surface area contributed by atoms with Crippen LogP contribution in [0.4, 0.5) is 10.2 Å². The predicted octanol–water partition coefficient (Wildman–Crippen LogP) is 1.63. The lowest BCUT2D eigenvalue weighted by atomic mass is 10.3. The molecule has 0 atom stereocenters. The van der Waals surface area contributed by atoms with E-state index in [9.17, 15) is 9.18 Å². The predicted molar refractivity (Wildman–Crippen MR) is 76.5 cm³/mol. The van der Waals surface area contributed by atoms with Gasteiger partial charge in [-0.05, 0) is 38.4 Å². The molecule has 6 nitrogen and oxygen atoms in total. The first-order valence-corrected chi connectivity index (χ1v) is 6.40. The average molecular weight is 292 g/mol. The molecule has 0 unspecified atom stereocenters. The van der Waals surface area contributed by atoms with Crippen molar-refractivity contribution >= 4 is 11.7 Å². The van der Waals surface area contributed by atoms with Gasteiger partial charge in [0.1, 0.15) is 11.6 Å². The first-order chi connectivity index (χ1) is 10.0. The van der Waals surface area contributed by atoms with E-state index in [1.54, 1.807) is 6.07 Å². The number of nitrogens with zero attached hydrogens (tertiary/aromatic N) is 2. The summed E-state index contributed by atoms with van der Waals surface area (Å²) in [6.07, 6.45) is 0. The summed E-state index contributed by atoms with van der Waals surface area (Å²) >= 11 is 0. The Balaban J connectivity index is 1.81. The number of ether oxygens (including phenoxy) is 1. The highest BCUT2D eigenvalue weighted by Crippen LogP contribution is 2.11. The van der Waals surface area contributed by atoms with Gasteiger partial charge in [-0.15, -0.1) is 0 Å². The van der Waals surface area contributed by atoms with Crippen LogP contribution in [-0.4, -0.2) is 41.7 Å². The van der Waals surface area contributed by atoms with Crippen molar-refractivity contribution in [1.82, 2.24) is 15.1 Å². The second-order valence-corrected chi connectivity index (χ2v) is 4.81. The largest absolute Gasteiger partial charge is 0.484 e. The molecule has 0 fully saturated rings. The summed E-state index contributed by atoms with van der Waals surface area (Å²) in [4.78, 5) is 13.7. The van der Waals surface area contributed by atoms with Crippen LogP contribution in [-0.2, 0) is 11.3 Å². The van der Waals surface area contributed by atoms with Crippen molar-refractivity contribution in [3.8, 4) is 5.75 Å². The van der Waals surface area contributed by atoms with Gasteiger partial charge >= 0.3 is 0 Å². The Kier molecular flexibility index (Phi) is 4.89. The number of aromatic nitrogens is 2. The average Bonchev–Trinajstić information content (AvgIpc) is 2.84. The summed E-state index contributed by atoms with van der Waals surface area (Å²) in [6, 6.07) is 7.23. The zero-order valence-electron chi connectivity index (χ0n) is 11.9. The van der Waals surface area contributed by atoms with Crippen LogP contribution in [0.5, 0.6) is 5.75 Å². The van der Waals surface area contributed by atoms with E-state index < -0.39 is 0 Å². The van der Waals surface area contributed by atoms with Crippen molar-refractivity contribution in [2.24, 2.45) is 0 Å². The lowest BCUT2D eigenvalue weighted by Gasteiger charge is -2.06. The molecule has 0 bridgehead atoms. The third-order valence-electron chi connectivity index (χ3n) is 2.57. The molecule has 2 rings (SSSR count).